The first kappa shape index (κ1) is 13.4. The third-order valence-electron chi connectivity index (χ3n) is 2.86. The predicted molar refractivity (Wildman–Crippen MR) is 61.0 cm³/mol. The maximum atomic E-state index is 11.8. The predicted octanol–water partition coefficient (Wildman–Crippen LogP) is -0.749. The van der Waals surface area contributed by atoms with Gasteiger partial charge in [0.05, 0.1) is 0 Å². The Hall–Kier alpha value is -0.660. The van der Waals surface area contributed by atoms with Crippen molar-refractivity contribution in [2.24, 2.45) is 5.92 Å². The van der Waals surface area contributed by atoms with Gasteiger partial charge in [-0.15, -0.1) is 0 Å². The molecule has 1 aliphatic heterocycles. The Morgan fingerprint density at radius 3 is 2.19 bits per heavy atom. The number of rotatable bonds is 3. The van der Waals surface area contributed by atoms with Gasteiger partial charge >= 0.3 is 0 Å². The molecule has 0 aromatic carbocycles. The van der Waals surface area contributed by atoms with Crippen LogP contribution in [0.3, 0.4) is 0 Å². The van der Waals surface area contributed by atoms with Gasteiger partial charge in [0.1, 0.15) is 0 Å². The molecule has 0 unspecified atom stereocenters. The first-order valence-electron chi connectivity index (χ1n) is 5.28. The molecule has 1 aliphatic rings. The van der Waals surface area contributed by atoms with Crippen LogP contribution in [-0.4, -0.2) is 57.2 Å². The highest BCUT2D eigenvalue weighted by atomic mass is 32.2. The number of piperidine rings is 1. The van der Waals surface area contributed by atoms with Crippen molar-refractivity contribution in [3.05, 3.63) is 0 Å². The van der Waals surface area contributed by atoms with E-state index in [0.717, 1.165) is 0 Å². The zero-order chi connectivity index (χ0) is 12.3. The average Bonchev–Trinajstić information content (AvgIpc) is 2.28. The quantitative estimate of drug-likeness (QED) is 0.715. The van der Waals surface area contributed by atoms with Crippen LogP contribution in [-0.2, 0) is 15.0 Å². The van der Waals surface area contributed by atoms with Crippen molar-refractivity contribution in [3.8, 4) is 0 Å². The molecule has 1 saturated heterocycles. The molecule has 0 spiro atoms. The molecule has 1 fully saturated rings. The minimum Gasteiger partial charge on any atom is -0.359 e. The maximum Gasteiger partial charge on any atom is 0.281 e. The Kier molecular flexibility index (Phi) is 4.28. The van der Waals surface area contributed by atoms with Crippen LogP contribution in [0.2, 0.25) is 0 Å². The van der Waals surface area contributed by atoms with E-state index in [-0.39, 0.29) is 11.8 Å². The van der Waals surface area contributed by atoms with Crippen molar-refractivity contribution in [1.29, 1.82) is 0 Å². The minimum atomic E-state index is -3.32. The second-order valence-electron chi connectivity index (χ2n) is 4.08. The molecular weight excluding hydrogens is 230 g/mol. The Balaban J connectivity index is 2.59. The van der Waals surface area contributed by atoms with Crippen molar-refractivity contribution >= 4 is 16.1 Å². The molecule has 1 heterocycles. The molecule has 7 heteroatoms. The first-order chi connectivity index (χ1) is 7.39. The smallest absolute Gasteiger partial charge is 0.281 e. The summed E-state index contributed by atoms with van der Waals surface area (Å²) in [6.45, 7) is 0.831. The van der Waals surface area contributed by atoms with Crippen LogP contribution in [0.15, 0.2) is 0 Å². The molecule has 0 aromatic heterocycles. The average molecular weight is 249 g/mol. The largest absolute Gasteiger partial charge is 0.359 e. The second-order valence-corrected chi connectivity index (χ2v) is 6.22. The Morgan fingerprint density at radius 1 is 1.31 bits per heavy atom. The SMILES string of the molecule is CNC(=O)C1CCN(S(=O)(=O)N(C)C)CC1. The Bertz CT molecular complexity index is 345. The van der Waals surface area contributed by atoms with E-state index in [9.17, 15) is 13.2 Å². The minimum absolute atomic E-state index is 0.00176. The van der Waals surface area contributed by atoms with Gasteiger partial charge in [0, 0.05) is 40.2 Å². The van der Waals surface area contributed by atoms with Crippen molar-refractivity contribution in [3.63, 3.8) is 0 Å². The van der Waals surface area contributed by atoms with Gasteiger partial charge in [-0.3, -0.25) is 4.79 Å². The van der Waals surface area contributed by atoms with E-state index in [1.165, 1.54) is 22.7 Å². The fourth-order valence-corrected chi connectivity index (χ4v) is 2.92. The summed E-state index contributed by atoms with van der Waals surface area (Å²) >= 11 is 0. The molecule has 0 radical (unpaired) electrons. The molecule has 0 aromatic rings. The number of carbonyl (C=O) groups excluding carboxylic acids is 1. The van der Waals surface area contributed by atoms with Crippen LogP contribution in [0.1, 0.15) is 12.8 Å². The molecule has 0 atom stereocenters. The molecule has 16 heavy (non-hydrogen) atoms. The molecule has 1 rings (SSSR count). The fraction of sp³-hybridized carbons (Fsp3) is 0.889. The number of nitrogens with zero attached hydrogens (tertiary/aromatic N) is 2. The highest BCUT2D eigenvalue weighted by molar-refractivity contribution is 7.86. The number of nitrogens with one attached hydrogen (secondary N) is 1. The normalized spacial score (nSPS) is 20.0. The van der Waals surface area contributed by atoms with Crippen LogP contribution in [0.5, 0.6) is 0 Å². The topological polar surface area (TPSA) is 69.7 Å². The van der Waals surface area contributed by atoms with Crippen molar-refractivity contribution < 1.29 is 13.2 Å². The summed E-state index contributed by atoms with van der Waals surface area (Å²) in [6.07, 6.45) is 1.18. The van der Waals surface area contributed by atoms with E-state index >= 15 is 0 Å². The standard InChI is InChI=1S/C9H19N3O3S/c1-10-9(13)8-4-6-12(7-5-8)16(14,15)11(2)3/h8H,4-7H2,1-3H3,(H,10,13). The summed E-state index contributed by atoms with van der Waals surface area (Å²) in [5.41, 5.74) is 0. The lowest BCUT2D eigenvalue weighted by atomic mass is 9.97. The fourth-order valence-electron chi connectivity index (χ4n) is 1.78. The van der Waals surface area contributed by atoms with Crippen molar-refractivity contribution in [1.82, 2.24) is 13.9 Å². The maximum absolute atomic E-state index is 11.8. The summed E-state index contributed by atoms with van der Waals surface area (Å²) < 4.78 is 26.2. The Morgan fingerprint density at radius 2 is 1.81 bits per heavy atom. The van der Waals surface area contributed by atoms with E-state index in [2.05, 4.69) is 5.32 Å². The van der Waals surface area contributed by atoms with Gasteiger partial charge in [0.25, 0.3) is 10.2 Å². The van der Waals surface area contributed by atoms with Gasteiger partial charge in [-0.2, -0.15) is 17.0 Å². The molecule has 0 bridgehead atoms. The van der Waals surface area contributed by atoms with E-state index in [4.69, 9.17) is 0 Å². The molecule has 94 valence electrons. The van der Waals surface area contributed by atoms with Crippen LogP contribution >= 0.6 is 0 Å². The highest BCUT2D eigenvalue weighted by Gasteiger charge is 2.31. The van der Waals surface area contributed by atoms with Crippen LogP contribution < -0.4 is 5.32 Å². The molecule has 0 saturated carbocycles. The highest BCUT2D eigenvalue weighted by Crippen LogP contribution is 2.20. The third kappa shape index (κ3) is 2.72. The van der Waals surface area contributed by atoms with E-state index in [0.29, 0.717) is 25.9 Å². The third-order valence-corrected chi connectivity index (χ3v) is 4.80. The van der Waals surface area contributed by atoms with Gasteiger partial charge in [-0.05, 0) is 12.8 Å². The van der Waals surface area contributed by atoms with E-state index in [1.54, 1.807) is 7.05 Å². The lowest BCUT2D eigenvalue weighted by molar-refractivity contribution is -0.125. The summed E-state index contributed by atoms with van der Waals surface area (Å²) in [6, 6.07) is 0. The van der Waals surface area contributed by atoms with Crippen LogP contribution in [0.25, 0.3) is 0 Å². The van der Waals surface area contributed by atoms with E-state index < -0.39 is 10.2 Å². The first-order valence-corrected chi connectivity index (χ1v) is 6.68. The number of hydrogen-bond donors (Lipinski definition) is 1. The zero-order valence-electron chi connectivity index (χ0n) is 9.93. The summed E-state index contributed by atoms with van der Waals surface area (Å²) in [5, 5.41) is 2.59. The van der Waals surface area contributed by atoms with Crippen molar-refractivity contribution in [2.45, 2.75) is 12.8 Å². The van der Waals surface area contributed by atoms with Gasteiger partial charge in [-0.1, -0.05) is 0 Å². The molecule has 1 N–H and O–H groups in total. The summed E-state index contributed by atoms with van der Waals surface area (Å²) in [5.74, 6) is -0.0551. The van der Waals surface area contributed by atoms with Gasteiger partial charge in [0.2, 0.25) is 5.91 Å². The van der Waals surface area contributed by atoms with Gasteiger partial charge < -0.3 is 5.32 Å². The number of amides is 1. The number of carbonyl (C=O) groups is 1. The molecule has 1 amide bonds. The summed E-state index contributed by atoms with van der Waals surface area (Å²) in [7, 11) is 1.31. The Labute approximate surface area is 96.8 Å². The summed E-state index contributed by atoms with van der Waals surface area (Å²) in [4.78, 5) is 11.4. The lowest BCUT2D eigenvalue weighted by Gasteiger charge is -2.31. The van der Waals surface area contributed by atoms with E-state index in [1.807, 2.05) is 0 Å². The van der Waals surface area contributed by atoms with Crippen LogP contribution in [0.4, 0.5) is 0 Å². The molecular formula is C9H19N3O3S. The molecule has 6 nitrogen and oxygen atoms in total. The zero-order valence-corrected chi connectivity index (χ0v) is 10.7. The monoisotopic (exact) mass is 249 g/mol. The van der Waals surface area contributed by atoms with Crippen molar-refractivity contribution in [2.75, 3.05) is 34.2 Å². The van der Waals surface area contributed by atoms with Crippen LogP contribution in [0, 0.1) is 5.92 Å². The lowest BCUT2D eigenvalue weighted by Crippen LogP contribution is -2.46. The second kappa shape index (κ2) is 5.11. The van der Waals surface area contributed by atoms with Gasteiger partial charge in [-0.25, -0.2) is 0 Å². The molecule has 0 aliphatic carbocycles. The number of hydrogen-bond acceptors (Lipinski definition) is 3. The van der Waals surface area contributed by atoms with Gasteiger partial charge in [0.15, 0.2) is 0 Å².